The Morgan fingerprint density at radius 2 is 1.39 bits per heavy atom. The summed E-state index contributed by atoms with van der Waals surface area (Å²) in [6.45, 7) is 6.80. The smallest absolute Gasteiger partial charge is 0.216 e. The number of halogens is 1. The van der Waals surface area contributed by atoms with E-state index in [0.29, 0.717) is 16.0 Å². The maximum Gasteiger partial charge on any atom is 0.216 e. The number of rotatable bonds is 5. The van der Waals surface area contributed by atoms with E-state index < -0.39 is 5.82 Å². The molecule has 0 unspecified atom stereocenters. The van der Waals surface area contributed by atoms with Gasteiger partial charge in [0.25, 0.3) is 0 Å². The zero-order valence-corrected chi connectivity index (χ0v) is 13.8. The highest BCUT2D eigenvalue weighted by Gasteiger charge is 2.09. The summed E-state index contributed by atoms with van der Waals surface area (Å²) in [6, 6.07) is 11.7. The van der Waals surface area contributed by atoms with E-state index in [1.54, 1.807) is 36.4 Å². The zero-order chi connectivity index (χ0) is 16.8. The lowest BCUT2D eigenvalue weighted by Crippen LogP contribution is -1.89. The molecule has 0 spiro atoms. The topological polar surface area (TPSA) is 34.1 Å². The molecule has 5 heteroatoms. The molecule has 0 saturated heterocycles. The number of thioether (sulfide) groups is 2. The maximum absolute atomic E-state index is 14.2. The van der Waals surface area contributed by atoms with Crippen LogP contribution in [-0.2, 0) is 9.59 Å². The second kappa shape index (κ2) is 7.94. The van der Waals surface area contributed by atoms with Crippen LogP contribution in [0.25, 0.3) is 11.1 Å². The number of hydrogen-bond acceptors (Lipinski definition) is 4. The third-order valence-electron chi connectivity index (χ3n) is 2.88. The Kier molecular flexibility index (Phi) is 5.96. The molecule has 0 radical (unpaired) electrons. The summed E-state index contributed by atoms with van der Waals surface area (Å²) in [4.78, 5) is 23.9. The molecule has 0 N–H and O–H groups in total. The largest absolute Gasteiger partial charge is 0.282 e. The van der Waals surface area contributed by atoms with Gasteiger partial charge in [0, 0.05) is 15.4 Å². The predicted octanol–water partition coefficient (Wildman–Crippen LogP) is 5.10. The van der Waals surface area contributed by atoms with Gasteiger partial charge in [-0.3, -0.25) is 9.59 Å². The van der Waals surface area contributed by atoms with Crippen LogP contribution < -0.4 is 0 Å². The Hall–Kier alpha value is -2.11. The molecule has 0 bridgehead atoms. The van der Waals surface area contributed by atoms with Gasteiger partial charge in [-0.1, -0.05) is 31.4 Å². The van der Waals surface area contributed by atoms with Crippen molar-refractivity contribution in [3.63, 3.8) is 0 Å². The molecule has 2 aromatic rings. The van der Waals surface area contributed by atoms with Crippen molar-refractivity contribution in [1.29, 1.82) is 0 Å². The average molecular weight is 344 g/mol. The molecule has 2 aromatic carbocycles. The minimum absolute atomic E-state index is 0.141. The lowest BCUT2D eigenvalue weighted by atomic mass is 10.1. The van der Waals surface area contributed by atoms with Gasteiger partial charge in [0.2, 0.25) is 10.2 Å². The van der Waals surface area contributed by atoms with Crippen LogP contribution in [0, 0.1) is 5.82 Å². The summed E-state index contributed by atoms with van der Waals surface area (Å²) in [5, 5.41) is -0.373. The number of carbonyl (C=O) groups excluding carboxylic acids is 2. The summed E-state index contributed by atoms with van der Waals surface area (Å²) in [7, 11) is 0. The molecule has 0 aromatic heterocycles. The van der Waals surface area contributed by atoms with Crippen molar-refractivity contribution in [3.05, 3.63) is 73.6 Å². The zero-order valence-electron chi connectivity index (χ0n) is 12.1. The molecule has 0 saturated carbocycles. The van der Waals surface area contributed by atoms with Gasteiger partial charge in [0.15, 0.2) is 0 Å². The third-order valence-corrected chi connectivity index (χ3v) is 4.61. The normalized spacial score (nSPS) is 10.1. The van der Waals surface area contributed by atoms with Crippen LogP contribution in [0.1, 0.15) is 0 Å². The van der Waals surface area contributed by atoms with Crippen LogP contribution in [0.15, 0.2) is 77.6 Å². The van der Waals surface area contributed by atoms with Crippen molar-refractivity contribution >= 4 is 33.8 Å². The van der Waals surface area contributed by atoms with Crippen LogP contribution in [0.4, 0.5) is 4.39 Å². The fourth-order valence-corrected chi connectivity index (χ4v) is 3.01. The predicted molar refractivity (Wildman–Crippen MR) is 94.0 cm³/mol. The van der Waals surface area contributed by atoms with Crippen LogP contribution in [0.5, 0.6) is 0 Å². The van der Waals surface area contributed by atoms with E-state index in [0.717, 1.165) is 28.4 Å². The quantitative estimate of drug-likeness (QED) is 0.558. The van der Waals surface area contributed by atoms with Gasteiger partial charge >= 0.3 is 0 Å². The number of hydrogen-bond donors (Lipinski definition) is 0. The molecule has 2 nitrogen and oxygen atoms in total. The molecule has 0 aliphatic carbocycles. The molecule has 0 heterocycles. The first kappa shape index (κ1) is 17.2. The van der Waals surface area contributed by atoms with Crippen LogP contribution >= 0.6 is 23.5 Å². The number of benzene rings is 2. The first-order chi connectivity index (χ1) is 11.0. The number of carbonyl (C=O) groups is 2. The lowest BCUT2D eigenvalue weighted by Gasteiger charge is -2.06. The minimum atomic E-state index is -0.408. The second-order valence-electron chi connectivity index (χ2n) is 4.42. The lowest BCUT2D eigenvalue weighted by molar-refractivity contribution is -0.107. The van der Waals surface area contributed by atoms with E-state index >= 15 is 0 Å². The van der Waals surface area contributed by atoms with Gasteiger partial charge < -0.3 is 0 Å². The Morgan fingerprint density at radius 1 is 0.870 bits per heavy atom. The third kappa shape index (κ3) is 4.68. The first-order valence-electron chi connectivity index (χ1n) is 6.62. The van der Waals surface area contributed by atoms with Gasteiger partial charge in [-0.15, -0.1) is 0 Å². The molecule has 0 fully saturated rings. The molecule has 0 aliphatic heterocycles. The first-order valence-corrected chi connectivity index (χ1v) is 8.25. The molecular formula is C18H13FO2S2. The summed E-state index contributed by atoms with van der Waals surface area (Å²) in [5.74, 6) is -0.408. The Labute approximate surface area is 142 Å². The Balaban J connectivity index is 2.21. The SMILES string of the molecule is C=CC(=O)Sc1ccc(-c2ccc(SC(=O)C=C)cc2F)cc1. The summed E-state index contributed by atoms with van der Waals surface area (Å²) in [6.07, 6.45) is 2.44. The van der Waals surface area contributed by atoms with Crippen LogP contribution in [0.3, 0.4) is 0 Å². The van der Waals surface area contributed by atoms with E-state index in [4.69, 9.17) is 0 Å². The minimum Gasteiger partial charge on any atom is -0.282 e. The van der Waals surface area contributed by atoms with E-state index in [2.05, 4.69) is 13.2 Å². The molecule has 0 aliphatic rings. The van der Waals surface area contributed by atoms with Gasteiger partial charge in [0.05, 0.1) is 0 Å². The van der Waals surface area contributed by atoms with Crippen molar-refractivity contribution in [1.82, 2.24) is 0 Å². The molecule has 23 heavy (non-hydrogen) atoms. The maximum atomic E-state index is 14.2. The van der Waals surface area contributed by atoms with Crippen molar-refractivity contribution in [2.24, 2.45) is 0 Å². The van der Waals surface area contributed by atoms with Crippen molar-refractivity contribution in [2.45, 2.75) is 9.79 Å². The van der Waals surface area contributed by atoms with E-state index in [1.807, 2.05) is 0 Å². The van der Waals surface area contributed by atoms with Gasteiger partial charge in [0.1, 0.15) is 5.82 Å². The Morgan fingerprint density at radius 3 is 1.91 bits per heavy atom. The van der Waals surface area contributed by atoms with E-state index in [1.165, 1.54) is 18.2 Å². The van der Waals surface area contributed by atoms with Gasteiger partial charge in [-0.2, -0.15) is 0 Å². The molecule has 0 amide bonds. The monoisotopic (exact) mass is 344 g/mol. The summed E-state index contributed by atoms with van der Waals surface area (Å²) < 4.78 is 14.2. The standard InChI is InChI=1S/C18H13FO2S2/c1-3-17(20)22-13-7-5-12(6-8-13)15-10-9-14(11-16(15)19)23-18(21)4-2/h3-11H,1-2H2. The van der Waals surface area contributed by atoms with E-state index in [9.17, 15) is 14.0 Å². The molecule has 2 rings (SSSR count). The highest BCUT2D eigenvalue weighted by molar-refractivity contribution is 8.14. The molecule has 116 valence electrons. The molecular weight excluding hydrogens is 331 g/mol. The fourth-order valence-electron chi connectivity index (χ4n) is 1.81. The fraction of sp³-hybridized carbons (Fsp3) is 0. The van der Waals surface area contributed by atoms with E-state index in [-0.39, 0.29) is 10.2 Å². The van der Waals surface area contributed by atoms with Crippen LogP contribution in [-0.4, -0.2) is 10.2 Å². The van der Waals surface area contributed by atoms with Crippen molar-refractivity contribution in [2.75, 3.05) is 0 Å². The second-order valence-corrected chi connectivity index (χ2v) is 6.57. The van der Waals surface area contributed by atoms with Crippen molar-refractivity contribution in [3.8, 4) is 11.1 Å². The highest BCUT2D eigenvalue weighted by Crippen LogP contribution is 2.29. The van der Waals surface area contributed by atoms with Crippen LogP contribution in [0.2, 0.25) is 0 Å². The van der Waals surface area contributed by atoms with Gasteiger partial charge in [-0.25, -0.2) is 4.39 Å². The molecule has 0 atom stereocenters. The summed E-state index contributed by atoms with van der Waals surface area (Å²) in [5.41, 5.74) is 1.14. The van der Waals surface area contributed by atoms with Gasteiger partial charge in [-0.05, 0) is 65.5 Å². The summed E-state index contributed by atoms with van der Waals surface area (Å²) >= 11 is 1.99. The Bertz CT molecular complexity index is 767. The average Bonchev–Trinajstić information content (AvgIpc) is 2.55. The highest BCUT2D eigenvalue weighted by atomic mass is 32.2. The van der Waals surface area contributed by atoms with Crippen molar-refractivity contribution < 1.29 is 14.0 Å².